The van der Waals surface area contributed by atoms with Crippen LogP contribution < -0.4 is 10.1 Å². The number of alkyl halides is 1. The molecule has 0 spiro atoms. The Bertz CT molecular complexity index is 598. The molecule has 1 aromatic rings. The lowest BCUT2D eigenvalue weighted by Crippen LogP contribution is -2.56. The molecule has 2 atom stereocenters. The van der Waals surface area contributed by atoms with Crippen LogP contribution in [0.5, 0.6) is 5.75 Å². The van der Waals surface area contributed by atoms with Gasteiger partial charge in [0, 0.05) is 17.0 Å². The molecular formula is C19H24ClNO2. The second-order valence-electron chi connectivity index (χ2n) is 8.02. The van der Waals surface area contributed by atoms with Gasteiger partial charge in [-0.1, -0.05) is 0 Å². The summed E-state index contributed by atoms with van der Waals surface area (Å²) in [5, 5.41) is 3.17. The molecule has 4 saturated carbocycles. The Kier molecular flexibility index (Phi) is 3.60. The van der Waals surface area contributed by atoms with Crippen LogP contribution in [0.15, 0.2) is 24.3 Å². The summed E-state index contributed by atoms with van der Waals surface area (Å²) in [6.45, 7) is 0.763. The summed E-state index contributed by atoms with van der Waals surface area (Å²) in [7, 11) is 1.63. The van der Waals surface area contributed by atoms with E-state index in [1.54, 1.807) is 7.11 Å². The van der Waals surface area contributed by atoms with E-state index in [-0.39, 0.29) is 16.2 Å². The average Bonchev–Trinajstić information content (AvgIpc) is 2.50. The number of hydrogen-bond donors (Lipinski definition) is 1. The normalized spacial score (nSPS) is 37.7. The number of rotatable bonds is 4. The summed E-state index contributed by atoms with van der Waals surface area (Å²) in [5.74, 6) is 2.32. The second kappa shape index (κ2) is 5.41. The Morgan fingerprint density at radius 1 is 1.22 bits per heavy atom. The highest BCUT2D eigenvalue weighted by molar-refractivity contribution is 6.24. The van der Waals surface area contributed by atoms with Gasteiger partial charge in [0.05, 0.1) is 7.11 Å². The highest BCUT2D eigenvalue weighted by Crippen LogP contribution is 2.63. The van der Waals surface area contributed by atoms with E-state index in [2.05, 4.69) is 5.32 Å². The number of halogens is 1. The van der Waals surface area contributed by atoms with Gasteiger partial charge in [-0.3, -0.25) is 4.79 Å². The first kappa shape index (κ1) is 15.3. The fourth-order valence-corrected chi connectivity index (χ4v) is 6.37. The van der Waals surface area contributed by atoms with Gasteiger partial charge in [0.2, 0.25) is 0 Å². The number of carbonyl (C=O) groups excluding carboxylic acids is 1. The van der Waals surface area contributed by atoms with Crippen LogP contribution in [0.25, 0.3) is 0 Å². The lowest BCUT2D eigenvalue weighted by Gasteiger charge is -2.60. The number of hydrogen-bond acceptors (Lipinski definition) is 2. The van der Waals surface area contributed by atoms with Crippen molar-refractivity contribution in [2.75, 3.05) is 13.7 Å². The van der Waals surface area contributed by atoms with Crippen molar-refractivity contribution in [3.8, 4) is 5.75 Å². The topological polar surface area (TPSA) is 38.3 Å². The quantitative estimate of drug-likeness (QED) is 0.846. The molecule has 4 fully saturated rings. The Morgan fingerprint density at radius 3 is 2.43 bits per heavy atom. The molecule has 0 aromatic heterocycles. The highest BCUT2D eigenvalue weighted by Gasteiger charge is 2.56. The van der Waals surface area contributed by atoms with Gasteiger partial charge in [0.1, 0.15) is 5.75 Å². The van der Waals surface area contributed by atoms with Crippen LogP contribution in [0, 0.1) is 17.3 Å². The van der Waals surface area contributed by atoms with E-state index in [9.17, 15) is 4.79 Å². The third-order valence-electron chi connectivity index (χ3n) is 6.09. The Hall–Kier alpha value is -1.22. The molecule has 4 aliphatic rings. The third kappa shape index (κ3) is 2.84. The minimum Gasteiger partial charge on any atom is -0.497 e. The van der Waals surface area contributed by atoms with Crippen molar-refractivity contribution in [2.45, 2.75) is 43.4 Å². The molecule has 23 heavy (non-hydrogen) atoms. The minimum absolute atomic E-state index is 0.00650. The molecule has 2 unspecified atom stereocenters. The summed E-state index contributed by atoms with van der Waals surface area (Å²) >= 11 is 6.86. The molecule has 0 heterocycles. The maximum Gasteiger partial charge on any atom is 0.251 e. The van der Waals surface area contributed by atoms with Crippen molar-refractivity contribution in [3.05, 3.63) is 29.8 Å². The zero-order chi connectivity index (χ0) is 16.1. The molecule has 3 nitrogen and oxygen atoms in total. The fourth-order valence-electron chi connectivity index (χ4n) is 5.66. The van der Waals surface area contributed by atoms with E-state index < -0.39 is 0 Å². The number of methoxy groups -OCH3 is 1. The molecule has 4 bridgehead atoms. The third-order valence-corrected chi connectivity index (χ3v) is 6.53. The molecule has 0 aliphatic heterocycles. The summed E-state index contributed by atoms with van der Waals surface area (Å²) < 4.78 is 5.14. The van der Waals surface area contributed by atoms with Crippen LogP contribution in [0.3, 0.4) is 0 Å². The van der Waals surface area contributed by atoms with Gasteiger partial charge < -0.3 is 10.1 Å². The molecule has 1 N–H and O–H groups in total. The number of carbonyl (C=O) groups is 1. The SMILES string of the molecule is COc1ccc(C(=O)NCC23CC4CC(CC(Cl)(C4)C2)C3)cc1. The fraction of sp³-hybridized carbons (Fsp3) is 0.632. The van der Waals surface area contributed by atoms with E-state index >= 15 is 0 Å². The van der Waals surface area contributed by atoms with E-state index in [0.717, 1.165) is 30.6 Å². The minimum atomic E-state index is 0.00650. The maximum absolute atomic E-state index is 12.4. The Morgan fingerprint density at radius 2 is 1.87 bits per heavy atom. The van der Waals surface area contributed by atoms with Crippen LogP contribution in [0.4, 0.5) is 0 Å². The average molecular weight is 334 g/mol. The summed E-state index contributed by atoms with van der Waals surface area (Å²) in [6.07, 6.45) is 7.25. The first-order valence-corrected chi connectivity index (χ1v) is 8.98. The van der Waals surface area contributed by atoms with E-state index in [1.165, 1.54) is 32.1 Å². The largest absolute Gasteiger partial charge is 0.497 e. The molecule has 0 radical (unpaired) electrons. The van der Waals surface area contributed by atoms with Crippen LogP contribution in [0.1, 0.15) is 48.9 Å². The molecule has 1 aromatic carbocycles. The van der Waals surface area contributed by atoms with Crippen LogP contribution in [0.2, 0.25) is 0 Å². The predicted molar refractivity (Wildman–Crippen MR) is 91.0 cm³/mol. The second-order valence-corrected chi connectivity index (χ2v) is 8.82. The van der Waals surface area contributed by atoms with Crippen LogP contribution in [-0.2, 0) is 0 Å². The highest BCUT2D eigenvalue weighted by atomic mass is 35.5. The molecule has 4 heteroatoms. The number of benzene rings is 1. The lowest BCUT2D eigenvalue weighted by molar-refractivity contribution is -0.0379. The van der Waals surface area contributed by atoms with Crippen molar-refractivity contribution in [2.24, 2.45) is 17.3 Å². The van der Waals surface area contributed by atoms with Gasteiger partial charge >= 0.3 is 0 Å². The first-order valence-electron chi connectivity index (χ1n) is 8.60. The number of amides is 1. The van der Waals surface area contributed by atoms with E-state index in [1.807, 2.05) is 24.3 Å². The maximum atomic E-state index is 12.4. The number of nitrogens with one attached hydrogen (secondary N) is 1. The number of ether oxygens (including phenoxy) is 1. The van der Waals surface area contributed by atoms with Gasteiger partial charge in [0.25, 0.3) is 5.91 Å². The molecule has 1 amide bonds. The smallest absolute Gasteiger partial charge is 0.251 e. The van der Waals surface area contributed by atoms with Gasteiger partial charge in [-0.2, -0.15) is 0 Å². The van der Waals surface area contributed by atoms with Crippen LogP contribution in [-0.4, -0.2) is 24.4 Å². The molecule has 124 valence electrons. The van der Waals surface area contributed by atoms with Crippen molar-refractivity contribution in [1.29, 1.82) is 0 Å². The van der Waals surface area contributed by atoms with Crippen molar-refractivity contribution >= 4 is 17.5 Å². The molecule has 5 rings (SSSR count). The molecular weight excluding hydrogens is 310 g/mol. The Labute approximate surface area is 142 Å². The Balaban J connectivity index is 1.43. The standard InChI is InChI=1S/C19H24ClNO2/c1-23-16-4-2-15(3-5-16)17(22)21-12-18-7-13-6-14(8-18)10-19(20,9-13)11-18/h2-5,13-14H,6-12H2,1H3,(H,21,22). The monoisotopic (exact) mass is 333 g/mol. The summed E-state index contributed by atoms with van der Waals surface area (Å²) in [4.78, 5) is 12.4. The molecule has 0 saturated heterocycles. The lowest BCUT2D eigenvalue weighted by atomic mass is 9.49. The first-order chi connectivity index (χ1) is 11.0. The van der Waals surface area contributed by atoms with Crippen molar-refractivity contribution in [1.82, 2.24) is 5.32 Å². The van der Waals surface area contributed by atoms with E-state index in [0.29, 0.717) is 5.56 Å². The van der Waals surface area contributed by atoms with Gasteiger partial charge in [0.15, 0.2) is 0 Å². The van der Waals surface area contributed by atoms with Gasteiger partial charge in [-0.15, -0.1) is 11.6 Å². The van der Waals surface area contributed by atoms with Crippen molar-refractivity contribution in [3.63, 3.8) is 0 Å². The zero-order valence-corrected chi connectivity index (χ0v) is 14.4. The summed E-state index contributed by atoms with van der Waals surface area (Å²) in [5.41, 5.74) is 0.921. The molecule has 4 aliphatic carbocycles. The van der Waals surface area contributed by atoms with E-state index in [4.69, 9.17) is 16.3 Å². The van der Waals surface area contributed by atoms with Crippen molar-refractivity contribution < 1.29 is 9.53 Å². The van der Waals surface area contributed by atoms with Gasteiger partial charge in [-0.05, 0) is 80.0 Å². The summed E-state index contributed by atoms with van der Waals surface area (Å²) in [6, 6.07) is 7.29. The van der Waals surface area contributed by atoms with Gasteiger partial charge in [-0.25, -0.2) is 0 Å². The predicted octanol–water partition coefficient (Wildman–Crippen LogP) is 4.00. The zero-order valence-electron chi connectivity index (χ0n) is 13.6. The van der Waals surface area contributed by atoms with Crippen LogP contribution >= 0.6 is 11.6 Å².